The molecule has 1 aromatic carbocycles. The fourth-order valence-electron chi connectivity index (χ4n) is 2.08. The maximum atomic E-state index is 11.1. The molecule has 2 N–H and O–H groups in total. The number of carboxylic acid groups (broad SMARTS) is 1. The van der Waals surface area contributed by atoms with Gasteiger partial charge in [-0.25, -0.2) is 0 Å². The molecular weight excluding hydrogens is 240 g/mol. The van der Waals surface area contributed by atoms with Crippen LogP contribution in [0.15, 0.2) is 36.5 Å². The summed E-state index contributed by atoms with van der Waals surface area (Å²) in [6.45, 7) is 2.54. The van der Waals surface area contributed by atoms with Gasteiger partial charge in [0.15, 0.2) is 0 Å². The zero-order valence-electron chi connectivity index (χ0n) is 11.0. The van der Waals surface area contributed by atoms with E-state index in [9.17, 15) is 4.79 Å². The third-order valence-corrected chi connectivity index (χ3v) is 3.10. The first-order valence-corrected chi connectivity index (χ1v) is 6.50. The number of rotatable bonds is 6. The molecule has 2 rings (SSSR count). The second-order valence-corrected chi connectivity index (χ2v) is 4.59. The van der Waals surface area contributed by atoms with Gasteiger partial charge in [-0.3, -0.25) is 9.78 Å². The number of nitrogens with one attached hydrogen (secondary N) is 1. The van der Waals surface area contributed by atoms with E-state index in [0.29, 0.717) is 13.0 Å². The van der Waals surface area contributed by atoms with E-state index in [4.69, 9.17) is 5.11 Å². The lowest BCUT2D eigenvalue weighted by atomic mass is 10.1. The lowest BCUT2D eigenvalue weighted by Gasteiger charge is -2.13. The largest absolute Gasteiger partial charge is 0.480 e. The zero-order chi connectivity index (χ0) is 13.7. The van der Waals surface area contributed by atoms with Crippen molar-refractivity contribution >= 4 is 16.9 Å². The lowest BCUT2D eigenvalue weighted by molar-refractivity contribution is -0.139. The molecule has 19 heavy (non-hydrogen) atoms. The monoisotopic (exact) mass is 258 g/mol. The molecule has 0 amide bonds. The second-order valence-electron chi connectivity index (χ2n) is 4.59. The summed E-state index contributed by atoms with van der Waals surface area (Å²) in [5.41, 5.74) is 2.03. The number of hydrogen-bond acceptors (Lipinski definition) is 3. The van der Waals surface area contributed by atoms with Gasteiger partial charge in [0, 0.05) is 18.1 Å². The number of nitrogens with zero attached hydrogens (tertiary/aromatic N) is 1. The number of aliphatic carboxylic acids is 1. The van der Waals surface area contributed by atoms with E-state index in [1.54, 1.807) is 6.20 Å². The summed E-state index contributed by atoms with van der Waals surface area (Å²) in [7, 11) is 0. The summed E-state index contributed by atoms with van der Waals surface area (Å²) in [6, 6.07) is 9.41. The highest BCUT2D eigenvalue weighted by Crippen LogP contribution is 2.13. The fourth-order valence-corrected chi connectivity index (χ4v) is 2.08. The summed E-state index contributed by atoms with van der Waals surface area (Å²) in [6.07, 6.45) is 3.26. The third kappa shape index (κ3) is 3.51. The van der Waals surface area contributed by atoms with Crippen molar-refractivity contribution in [3.63, 3.8) is 0 Å². The molecule has 0 radical (unpaired) electrons. The van der Waals surface area contributed by atoms with Crippen molar-refractivity contribution in [2.24, 2.45) is 0 Å². The average molecular weight is 258 g/mol. The highest BCUT2D eigenvalue weighted by atomic mass is 16.4. The number of carbonyl (C=O) groups is 1. The van der Waals surface area contributed by atoms with Crippen LogP contribution in [0.1, 0.15) is 25.3 Å². The Morgan fingerprint density at radius 2 is 2.26 bits per heavy atom. The van der Waals surface area contributed by atoms with E-state index in [1.165, 1.54) is 0 Å². The highest BCUT2D eigenvalue weighted by molar-refractivity contribution is 5.79. The van der Waals surface area contributed by atoms with Crippen LogP contribution in [0.5, 0.6) is 0 Å². The summed E-state index contributed by atoms with van der Waals surface area (Å²) < 4.78 is 0. The van der Waals surface area contributed by atoms with Crippen LogP contribution in [0.4, 0.5) is 0 Å². The van der Waals surface area contributed by atoms with Crippen molar-refractivity contribution in [1.29, 1.82) is 0 Å². The molecule has 4 heteroatoms. The molecule has 0 saturated heterocycles. The molecule has 0 saturated carbocycles. The molecule has 0 bridgehead atoms. The van der Waals surface area contributed by atoms with E-state index in [2.05, 4.69) is 10.3 Å². The van der Waals surface area contributed by atoms with Crippen molar-refractivity contribution in [1.82, 2.24) is 10.3 Å². The Labute approximate surface area is 112 Å². The Morgan fingerprint density at radius 3 is 3.00 bits per heavy atom. The van der Waals surface area contributed by atoms with Gasteiger partial charge in [0.1, 0.15) is 6.04 Å². The van der Waals surface area contributed by atoms with Crippen molar-refractivity contribution in [3.8, 4) is 0 Å². The first-order chi connectivity index (χ1) is 9.20. The van der Waals surface area contributed by atoms with Crippen LogP contribution in [-0.2, 0) is 11.3 Å². The standard InChI is InChI=1S/C15H18N2O2/c1-2-4-14(15(18)19)17-10-11-6-7-13-12(9-11)5-3-8-16-13/h3,5-9,14,17H,2,4,10H2,1H3,(H,18,19)/t14-/m0/s1. The van der Waals surface area contributed by atoms with Crippen LogP contribution < -0.4 is 5.32 Å². The Balaban J connectivity index is 2.06. The van der Waals surface area contributed by atoms with E-state index < -0.39 is 12.0 Å². The summed E-state index contributed by atoms with van der Waals surface area (Å²) in [5, 5.41) is 13.2. The minimum atomic E-state index is -0.788. The molecule has 0 unspecified atom stereocenters. The minimum Gasteiger partial charge on any atom is -0.480 e. The summed E-state index contributed by atoms with van der Waals surface area (Å²) in [5.74, 6) is -0.788. The Morgan fingerprint density at radius 1 is 1.42 bits per heavy atom. The number of aromatic nitrogens is 1. The Bertz CT molecular complexity index is 569. The molecule has 0 aliphatic rings. The average Bonchev–Trinajstić information content (AvgIpc) is 2.43. The van der Waals surface area contributed by atoms with E-state index in [1.807, 2.05) is 37.3 Å². The van der Waals surface area contributed by atoms with Gasteiger partial charge in [-0.2, -0.15) is 0 Å². The Kier molecular flexibility index (Phi) is 4.47. The molecule has 0 spiro atoms. The first-order valence-electron chi connectivity index (χ1n) is 6.50. The van der Waals surface area contributed by atoms with E-state index in [0.717, 1.165) is 22.9 Å². The smallest absolute Gasteiger partial charge is 0.320 e. The molecule has 2 aromatic rings. The Hall–Kier alpha value is -1.94. The number of hydrogen-bond donors (Lipinski definition) is 2. The number of benzene rings is 1. The van der Waals surface area contributed by atoms with Crippen molar-refractivity contribution in [2.75, 3.05) is 0 Å². The second kappa shape index (κ2) is 6.29. The van der Waals surface area contributed by atoms with Crippen molar-refractivity contribution in [3.05, 3.63) is 42.1 Å². The SMILES string of the molecule is CCC[C@H](NCc1ccc2ncccc2c1)C(=O)O. The maximum absolute atomic E-state index is 11.1. The molecule has 1 aromatic heterocycles. The van der Waals surface area contributed by atoms with E-state index in [-0.39, 0.29) is 0 Å². The van der Waals surface area contributed by atoms with Gasteiger partial charge < -0.3 is 10.4 Å². The summed E-state index contributed by atoms with van der Waals surface area (Å²) >= 11 is 0. The topological polar surface area (TPSA) is 62.2 Å². The maximum Gasteiger partial charge on any atom is 0.320 e. The van der Waals surface area contributed by atoms with Crippen molar-refractivity contribution < 1.29 is 9.90 Å². The molecule has 1 atom stereocenters. The highest BCUT2D eigenvalue weighted by Gasteiger charge is 2.14. The van der Waals surface area contributed by atoms with Gasteiger partial charge in [0.05, 0.1) is 5.52 Å². The zero-order valence-corrected chi connectivity index (χ0v) is 11.0. The van der Waals surface area contributed by atoms with Gasteiger partial charge in [-0.1, -0.05) is 25.5 Å². The predicted molar refractivity (Wildman–Crippen MR) is 74.9 cm³/mol. The molecule has 1 heterocycles. The number of carboxylic acids is 1. The van der Waals surface area contributed by atoms with Crippen LogP contribution in [0.3, 0.4) is 0 Å². The van der Waals surface area contributed by atoms with Crippen LogP contribution in [-0.4, -0.2) is 22.1 Å². The van der Waals surface area contributed by atoms with E-state index >= 15 is 0 Å². The van der Waals surface area contributed by atoms with Crippen LogP contribution in [0, 0.1) is 0 Å². The third-order valence-electron chi connectivity index (χ3n) is 3.10. The van der Waals surface area contributed by atoms with Gasteiger partial charge in [0.25, 0.3) is 0 Å². The predicted octanol–water partition coefficient (Wildman–Crippen LogP) is 2.58. The van der Waals surface area contributed by atoms with Gasteiger partial charge in [0.2, 0.25) is 0 Å². The molecule has 0 fully saturated rings. The number of fused-ring (bicyclic) bond motifs is 1. The van der Waals surface area contributed by atoms with Crippen LogP contribution >= 0.6 is 0 Å². The first kappa shape index (κ1) is 13.5. The number of pyridine rings is 1. The molecule has 4 nitrogen and oxygen atoms in total. The van der Waals surface area contributed by atoms with Gasteiger partial charge in [-0.05, 0) is 30.2 Å². The van der Waals surface area contributed by atoms with Crippen LogP contribution in [0.2, 0.25) is 0 Å². The molecule has 100 valence electrons. The van der Waals surface area contributed by atoms with Gasteiger partial charge >= 0.3 is 5.97 Å². The van der Waals surface area contributed by atoms with Gasteiger partial charge in [-0.15, -0.1) is 0 Å². The van der Waals surface area contributed by atoms with Crippen LogP contribution in [0.25, 0.3) is 10.9 Å². The fraction of sp³-hybridized carbons (Fsp3) is 0.333. The summed E-state index contributed by atoms with van der Waals surface area (Å²) in [4.78, 5) is 15.3. The lowest BCUT2D eigenvalue weighted by Crippen LogP contribution is -2.35. The minimum absolute atomic E-state index is 0.477. The normalized spacial score (nSPS) is 12.5. The molecular formula is C15H18N2O2. The van der Waals surface area contributed by atoms with Crippen molar-refractivity contribution in [2.45, 2.75) is 32.4 Å². The molecule has 0 aliphatic heterocycles. The quantitative estimate of drug-likeness (QED) is 0.836. The molecule has 0 aliphatic carbocycles.